The van der Waals surface area contributed by atoms with Gasteiger partial charge < -0.3 is 22.1 Å². The highest BCUT2D eigenvalue weighted by molar-refractivity contribution is 5.86. The third-order valence-electron chi connectivity index (χ3n) is 13.5. The zero-order chi connectivity index (χ0) is 32.2. The second-order valence-electron chi connectivity index (χ2n) is 16.5. The highest BCUT2D eigenvalue weighted by atomic mass is 15.0. The topological polar surface area (TPSA) is 76.1 Å². The molecule has 8 aliphatic rings. The molecule has 8 aliphatic carbocycles. The van der Waals surface area contributed by atoms with Gasteiger partial charge in [0.25, 0.3) is 0 Å². The molecule has 12 rings (SSSR count). The molecule has 0 radical (unpaired) electrons. The first kappa shape index (κ1) is 34.5. The lowest BCUT2D eigenvalue weighted by Crippen LogP contribution is -2.51. The van der Waals surface area contributed by atoms with Crippen molar-refractivity contribution in [3.05, 3.63) is 97.1 Å². The molecule has 4 nitrogen and oxygen atoms in total. The molecule has 4 aromatic carbocycles. The van der Waals surface area contributed by atoms with Crippen LogP contribution in [0.25, 0.3) is 22.3 Å². The Bertz CT molecular complexity index is 1580. The Morgan fingerprint density at radius 2 is 0.640 bits per heavy atom. The van der Waals surface area contributed by atoms with Gasteiger partial charge in [-0.25, -0.2) is 0 Å². The van der Waals surface area contributed by atoms with Crippen LogP contribution < -0.4 is 22.1 Å². The van der Waals surface area contributed by atoms with E-state index in [-0.39, 0.29) is 14.9 Å². The summed E-state index contributed by atoms with van der Waals surface area (Å²) in [5.74, 6) is 7.69. The Morgan fingerprint density at radius 1 is 0.360 bits per heavy atom. The second-order valence-corrected chi connectivity index (χ2v) is 16.5. The zero-order valence-corrected chi connectivity index (χ0v) is 28.2. The molecule has 50 heavy (non-hydrogen) atoms. The molecule has 4 aromatic rings. The van der Waals surface area contributed by atoms with E-state index in [1.807, 2.05) is 48.5 Å². The molecular formula is C46H60N4. The summed E-state index contributed by atoms with van der Waals surface area (Å²) in [7, 11) is 0. The summed E-state index contributed by atoms with van der Waals surface area (Å²) in [4.78, 5) is 0. The van der Waals surface area contributed by atoms with Crippen molar-refractivity contribution in [3.63, 3.8) is 0 Å². The molecule has 8 fully saturated rings. The van der Waals surface area contributed by atoms with Gasteiger partial charge in [-0.2, -0.15) is 0 Å². The predicted molar refractivity (Wildman–Crippen MR) is 215 cm³/mol. The van der Waals surface area contributed by atoms with E-state index < -0.39 is 0 Å². The van der Waals surface area contributed by atoms with Crippen LogP contribution in [0, 0.1) is 47.3 Å². The summed E-state index contributed by atoms with van der Waals surface area (Å²) in [5, 5.41) is 8.29. The fourth-order valence-corrected chi connectivity index (χ4v) is 11.9. The maximum atomic E-state index is 5.87. The van der Waals surface area contributed by atoms with Crippen molar-refractivity contribution in [1.82, 2.24) is 0 Å². The van der Waals surface area contributed by atoms with E-state index in [1.165, 1.54) is 86.7 Å². The van der Waals surface area contributed by atoms with Crippen LogP contribution in [0.5, 0.6) is 0 Å². The van der Waals surface area contributed by atoms with Crippen molar-refractivity contribution < 1.29 is 0 Å². The van der Waals surface area contributed by atoms with E-state index in [0.29, 0.717) is 12.1 Å². The number of hydrogen-bond acceptors (Lipinski definition) is 4. The number of nitrogens with one attached hydrogen (secondary N) is 2. The van der Waals surface area contributed by atoms with Crippen LogP contribution >= 0.6 is 0 Å². The molecule has 4 heteroatoms. The standard InChI is InChI=1S/C32H40N2.C12H12N2.2CH4/c1-3-7-29(33-31-23-11-19-9-20(13-23)14-24(31)12-19)27(5-1)28-6-2-4-8-30(28)34-32-25-15-21-10-22(17-25)18-26(32)16-21;13-11-7-3-1-5-9(11)10-6-2-4-8-12(10)14;;/h1-8,19-26,31-34H,9-18H2;1-8H,13-14H2;2*1H4. The van der Waals surface area contributed by atoms with Gasteiger partial charge in [0.05, 0.1) is 0 Å². The molecule has 0 atom stereocenters. The molecule has 264 valence electrons. The van der Waals surface area contributed by atoms with Crippen LogP contribution in [-0.4, -0.2) is 12.1 Å². The van der Waals surface area contributed by atoms with Crippen LogP contribution in [0.3, 0.4) is 0 Å². The molecular weight excluding hydrogens is 609 g/mol. The van der Waals surface area contributed by atoms with Gasteiger partial charge >= 0.3 is 0 Å². The maximum Gasteiger partial charge on any atom is 0.0422 e. The number of nitrogens with two attached hydrogens (primary N) is 2. The van der Waals surface area contributed by atoms with Gasteiger partial charge in [-0.1, -0.05) is 87.6 Å². The first-order valence-electron chi connectivity index (χ1n) is 19.0. The number of benzene rings is 4. The fourth-order valence-electron chi connectivity index (χ4n) is 11.9. The van der Waals surface area contributed by atoms with Gasteiger partial charge in [0.15, 0.2) is 0 Å². The van der Waals surface area contributed by atoms with Gasteiger partial charge in [0.2, 0.25) is 0 Å². The van der Waals surface area contributed by atoms with E-state index in [9.17, 15) is 0 Å². The van der Waals surface area contributed by atoms with Crippen molar-refractivity contribution in [2.75, 3.05) is 22.1 Å². The summed E-state index contributed by atoms with van der Waals surface area (Å²) >= 11 is 0. The average Bonchev–Trinajstić information content (AvgIpc) is 3.09. The molecule has 0 saturated heterocycles. The number of nitrogen functional groups attached to an aromatic ring is 2. The van der Waals surface area contributed by atoms with E-state index in [4.69, 9.17) is 11.5 Å². The minimum Gasteiger partial charge on any atom is -0.398 e. The number of rotatable bonds is 6. The summed E-state index contributed by atoms with van der Waals surface area (Å²) in [5.41, 5.74) is 20.7. The Balaban J connectivity index is 0.000000209. The third-order valence-corrected chi connectivity index (χ3v) is 13.5. The molecule has 6 N–H and O–H groups in total. The van der Waals surface area contributed by atoms with Crippen LogP contribution in [0.1, 0.15) is 79.1 Å². The first-order valence-corrected chi connectivity index (χ1v) is 19.0. The highest BCUT2D eigenvalue weighted by Crippen LogP contribution is 2.56. The zero-order valence-electron chi connectivity index (χ0n) is 28.2. The lowest BCUT2D eigenvalue weighted by molar-refractivity contribution is 0.00746. The average molecular weight is 669 g/mol. The molecule has 8 bridgehead atoms. The number of anilines is 4. The highest BCUT2D eigenvalue weighted by Gasteiger charge is 2.49. The van der Waals surface area contributed by atoms with E-state index in [1.54, 1.807) is 0 Å². The van der Waals surface area contributed by atoms with Gasteiger partial charge in [0.1, 0.15) is 0 Å². The normalized spacial score (nSPS) is 32.2. The van der Waals surface area contributed by atoms with Gasteiger partial charge in [-0.3, -0.25) is 0 Å². The van der Waals surface area contributed by atoms with Crippen LogP contribution in [0.15, 0.2) is 97.1 Å². The predicted octanol–water partition coefficient (Wildman–Crippen LogP) is 11.6. The minimum atomic E-state index is 0. The maximum absolute atomic E-state index is 5.87. The Hall–Kier alpha value is -3.92. The Kier molecular flexibility index (Phi) is 9.92. The monoisotopic (exact) mass is 668 g/mol. The largest absolute Gasteiger partial charge is 0.398 e. The Labute approximate surface area is 301 Å². The van der Waals surface area contributed by atoms with Crippen molar-refractivity contribution in [2.24, 2.45) is 47.3 Å². The SMILES string of the molecule is C.C.Nc1ccccc1-c1ccccc1N.c1ccc(-c2ccccc2NC2C3CC4CC(C3)CC2C4)c(NC2C3CC4CC(C3)CC2C4)c1. The quantitative estimate of drug-likeness (QED) is 0.154. The fraction of sp³-hybridized carbons (Fsp3) is 0.478. The van der Waals surface area contributed by atoms with Crippen molar-refractivity contribution >= 4 is 22.7 Å². The van der Waals surface area contributed by atoms with Crippen LogP contribution in [0.4, 0.5) is 22.7 Å². The van der Waals surface area contributed by atoms with Crippen molar-refractivity contribution in [2.45, 2.75) is 91.1 Å². The van der Waals surface area contributed by atoms with Gasteiger partial charge in [-0.15, -0.1) is 0 Å². The number of para-hydroxylation sites is 4. The molecule has 0 amide bonds. The molecule has 0 spiro atoms. The second kappa shape index (κ2) is 14.4. The van der Waals surface area contributed by atoms with E-state index in [2.05, 4.69) is 59.2 Å². The molecule has 0 unspecified atom stereocenters. The van der Waals surface area contributed by atoms with Gasteiger partial charge in [0, 0.05) is 57.1 Å². The lowest BCUT2D eigenvalue weighted by Gasteiger charge is -2.55. The van der Waals surface area contributed by atoms with Crippen LogP contribution in [-0.2, 0) is 0 Å². The lowest BCUT2D eigenvalue weighted by atomic mass is 9.54. The first-order chi connectivity index (χ1) is 23.6. The molecule has 8 saturated carbocycles. The van der Waals surface area contributed by atoms with Crippen molar-refractivity contribution in [3.8, 4) is 22.3 Å². The van der Waals surface area contributed by atoms with Crippen LogP contribution in [0.2, 0.25) is 0 Å². The van der Waals surface area contributed by atoms with E-state index in [0.717, 1.165) is 69.8 Å². The molecule has 0 heterocycles. The summed E-state index contributed by atoms with van der Waals surface area (Å²) in [6, 6.07) is 35.1. The summed E-state index contributed by atoms with van der Waals surface area (Å²) in [6.07, 6.45) is 14.8. The third kappa shape index (κ3) is 6.51. The van der Waals surface area contributed by atoms with E-state index >= 15 is 0 Å². The smallest absolute Gasteiger partial charge is 0.0422 e. The number of hydrogen-bond donors (Lipinski definition) is 4. The summed E-state index contributed by atoms with van der Waals surface area (Å²) < 4.78 is 0. The minimum absolute atomic E-state index is 0. The summed E-state index contributed by atoms with van der Waals surface area (Å²) in [6.45, 7) is 0. The van der Waals surface area contributed by atoms with Crippen molar-refractivity contribution in [1.29, 1.82) is 0 Å². The van der Waals surface area contributed by atoms with Gasteiger partial charge in [-0.05, 0) is 136 Å². The molecule has 0 aliphatic heterocycles. The Morgan fingerprint density at radius 3 is 0.960 bits per heavy atom. The molecule has 0 aromatic heterocycles.